The van der Waals surface area contributed by atoms with Crippen molar-refractivity contribution in [3.63, 3.8) is 0 Å². The van der Waals surface area contributed by atoms with E-state index in [9.17, 15) is 18.0 Å². The minimum absolute atomic E-state index is 0.104. The topological polar surface area (TPSA) is 20.3 Å². The van der Waals surface area contributed by atoms with Crippen molar-refractivity contribution in [1.29, 1.82) is 0 Å². The molecule has 0 fully saturated rings. The molecular weight excluding hydrogens is 159 g/mol. The summed E-state index contributed by atoms with van der Waals surface area (Å²) >= 11 is 0. The number of hydrogen-bond acceptors (Lipinski definition) is 1. The lowest BCUT2D eigenvalue weighted by molar-refractivity contribution is -0.158. The molecule has 2 nitrogen and oxygen atoms in total. The third-order valence-corrected chi connectivity index (χ3v) is 1.14. The molecule has 0 radical (unpaired) electrons. The van der Waals surface area contributed by atoms with Crippen LogP contribution in [-0.2, 0) is 4.79 Å². The van der Waals surface area contributed by atoms with E-state index >= 15 is 0 Å². The Kier molecular flexibility index (Phi) is 3.35. The SMILES string of the molecule is CCC(=O)N(C)CC(F)(F)F. The number of alkyl halides is 3. The Morgan fingerprint density at radius 2 is 1.91 bits per heavy atom. The Bertz CT molecular complexity index is 143. The van der Waals surface area contributed by atoms with Gasteiger partial charge in [0.25, 0.3) is 0 Å². The molecule has 0 aromatic carbocycles. The second kappa shape index (κ2) is 3.59. The first-order valence-corrected chi connectivity index (χ1v) is 3.17. The van der Waals surface area contributed by atoms with Gasteiger partial charge in [0.2, 0.25) is 5.91 Å². The summed E-state index contributed by atoms with van der Waals surface area (Å²) in [5.41, 5.74) is 0. The summed E-state index contributed by atoms with van der Waals surface area (Å²) in [6.45, 7) is 0.356. The van der Waals surface area contributed by atoms with Crippen LogP contribution in [0.2, 0.25) is 0 Å². The molecule has 11 heavy (non-hydrogen) atoms. The quantitative estimate of drug-likeness (QED) is 0.612. The Hall–Kier alpha value is -0.740. The van der Waals surface area contributed by atoms with Gasteiger partial charge >= 0.3 is 6.18 Å². The highest BCUT2D eigenvalue weighted by Crippen LogP contribution is 2.15. The maximum absolute atomic E-state index is 11.6. The molecule has 0 aromatic rings. The lowest BCUT2D eigenvalue weighted by Gasteiger charge is -2.17. The van der Waals surface area contributed by atoms with Crippen molar-refractivity contribution in [3.05, 3.63) is 0 Å². The van der Waals surface area contributed by atoms with Gasteiger partial charge in [0.15, 0.2) is 0 Å². The van der Waals surface area contributed by atoms with Gasteiger partial charge in [-0.15, -0.1) is 0 Å². The third kappa shape index (κ3) is 4.64. The van der Waals surface area contributed by atoms with Crippen LogP contribution in [-0.4, -0.2) is 30.6 Å². The van der Waals surface area contributed by atoms with E-state index in [0.717, 1.165) is 7.05 Å². The summed E-state index contributed by atoms with van der Waals surface area (Å²) in [6, 6.07) is 0. The van der Waals surface area contributed by atoms with E-state index < -0.39 is 18.6 Å². The van der Waals surface area contributed by atoms with Crippen LogP contribution in [0.25, 0.3) is 0 Å². The van der Waals surface area contributed by atoms with E-state index in [-0.39, 0.29) is 6.42 Å². The van der Waals surface area contributed by atoms with Crippen molar-refractivity contribution >= 4 is 5.91 Å². The van der Waals surface area contributed by atoms with Crippen molar-refractivity contribution in [2.45, 2.75) is 19.5 Å². The minimum Gasteiger partial charge on any atom is -0.337 e. The van der Waals surface area contributed by atoms with Crippen LogP contribution in [0.4, 0.5) is 13.2 Å². The van der Waals surface area contributed by atoms with Gasteiger partial charge in [-0.2, -0.15) is 13.2 Å². The fourth-order valence-electron chi connectivity index (χ4n) is 0.627. The summed E-state index contributed by atoms with van der Waals surface area (Å²) in [4.78, 5) is 11.3. The molecule has 0 saturated carbocycles. The van der Waals surface area contributed by atoms with Crippen LogP contribution in [0.15, 0.2) is 0 Å². The molecule has 0 heterocycles. The van der Waals surface area contributed by atoms with Crippen LogP contribution in [0.5, 0.6) is 0 Å². The number of halogens is 3. The number of hydrogen-bond donors (Lipinski definition) is 0. The highest BCUT2D eigenvalue weighted by molar-refractivity contribution is 5.75. The first-order chi connectivity index (χ1) is 4.87. The summed E-state index contributed by atoms with van der Waals surface area (Å²) in [6.07, 6.45) is -4.19. The van der Waals surface area contributed by atoms with Gasteiger partial charge in [-0.25, -0.2) is 0 Å². The molecular formula is C6H10F3NO. The fourth-order valence-corrected chi connectivity index (χ4v) is 0.627. The summed E-state index contributed by atoms with van der Waals surface area (Å²) < 4.78 is 34.8. The zero-order valence-corrected chi connectivity index (χ0v) is 6.40. The molecule has 0 saturated heterocycles. The number of carbonyl (C=O) groups excluding carboxylic acids is 1. The van der Waals surface area contributed by atoms with Crippen molar-refractivity contribution in [3.8, 4) is 0 Å². The summed E-state index contributed by atoms with van der Waals surface area (Å²) in [7, 11) is 1.14. The highest BCUT2D eigenvalue weighted by atomic mass is 19.4. The van der Waals surface area contributed by atoms with Crippen molar-refractivity contribution in [1.82, 2.24) is 4.90 Å². The molecule has 0 rings (SSSR count). The van der Waals surface area contributed by atoms with Gasteiger partial charge in [-0.1, -0.05) is 6.92 Å². The summed E-state index contributed by atoms with van der Waals surface area (Å²) in [5.74, 6) is -0.498. The molecule has 0 atom stereocenters. The second-order valence-corrected chi connectivity index (χ2v) is 2.22. The van der Waals surface area contributed by atoms with Crippen LogP contribution >= 0.6 is 0 Å². The van der Waals surface area contributed by atoms with Crippen LogP contribution in [0.1, 0.15) is 13.3 Å². The van der Waals surface area contributed by atoms with Crippen molar-refractivity contribution in [2.75, 3.05) is 13.6 Å². The second-order valence-electron chi connectivity index (χ2n) is 2.22. The van der Waals surface area contributed by atoms with Crippen molar-refractivity contribution < 1.29 is 18.0 Å². The number of carbonyl (C=O) groups is 1. The van der Waals surface area contributed by atoms with Crippen molar-refractivity contribution in [2.24, 2.45) is 0 Å². The smallest absolute Gasteiger partial charge is 0.337 e. The van der Waals surface area contributed by atoms with Gasteiger partial charge < -0.3 is 4.90 Å². The van der Waals surface area contributed by atoms with E-state index in [1.165, 1.54) is 6.92 Å². The molecule has 1 amide bonds. The molecule has 5 heteroatoms. The Balaban J connectivity index is 3.87. The molecule has 0 bridgehead atoms. The van der Waals surface area contributed by atoms with Gasteiger partial charge in [-0.3, -0.25) is 4.79 Å². The van der Waals surface area contributed by atoms with E-state index in [0.29, 0.717) is 4.90 Å². The number of rotatable bonds is 2. The number of amides is 1. The average molecular weight is 169 g/mol. The zero-order chi connectivity index (χ0) is 9.07. The van der Waals surface area contributed by atoms with E-state index in [1.807, 2.05) is 0 Å². The van der Waals surface area contributed by atoms with Crippen LogP contribution in [0.3, 0.4) is 0 Å². The fraction of sp³-hybridized carbons (Fsp3) is 0.833. The van der Waals surface area contributed by atoms with Crippen LogP contribution in [0, 0.1) is 0 Å². The highest BCUT2D eigenvalue weighted by Gasteiger charge is 2.30. The predicted octanol–water partition coefficient (Wildman–Crippen LogP) is 1.42. The first-order valence-electron chi connectivity index (χ1n) is 3.17. The maximum Gasteiger partial charge on any atom is 0.406 e. The molecule has 66 valence electrons. The largest absolute Gasteiger partial charge is 0.406 e. The first kappa shape index (κ1) is 10.3. The van der Waals surface area contributed by atoms with Crippen LogP contribution < -0.4 is 0 Å². The standard InChI is InChI=1S/C6H10F3NO/c1-3-5(11)10(2)4-6(7,8)9/h3-4H2,1-2H3. The lowest BCUT2D eigenvalue weighted by Crippen LogP contribution is -2.35. The molecule has 0 N–H and O–H groups in total. The minimum atomic E-state index is -4.29. The molecule has 0 aromatic heterocycles. The summed E-state index contributed by atoms with van der Waals surface area (Å²) in [5, 5.41) is 0. The Morgan fingerprint density at radius 3 is 2.18 bits per heavy atom. The van der Waals surface area contributed by atoms with E-state index in [1.54, 1.807) is 0 Å². The van der Waals surface area contributed by atoms with Gasteiger partial charge in [-0.05, 0) is 0 Å². The maximum atomic E-state index is 11.6. The van der Waals surface area contributed by atoms with Gasteiger partial charge in [0, 0.05) is 13.5 Å². The van der Waals surface area contributed by atoms with Gasteiger partial charge in [0.1, 0.15) is 6.54 Å². The lowest BCUT2D eigenvalue weighted by atomic mass is 10.4. The van der Waals surface area contributed by atoms with E-state index in [2.05, 4.69) is 0 Å². The Morgan fingerprint density at radius 1 is 1.45 bits per heavy atom. The Labute approximate surface area is 63.0 Å². The molecule has 0 unspecified atom stereocenters. The normalized spacial score (nSPS) is 11.4. The molecule has 0 aliphatic carbocycles. The monoisotopic (exact) mass is 169 g/mol. The molecule has 0 aliphatic heterocycles. The molecule has 0 spiro atoms. The van der Waals surface area contributed by atoms with E-state index in [4.69, 9.17) is 0 Å². The predicted molar refractivity (Wildman–Crippen MR) is 34.0 cm³/mol. The molecule has 0 aliphatic rings. The average Bonchev–Trinajstić information content (AvgIpc) is 1.82. The zero-order valence-electron chi connectivity index (χ0n) is 6.40. The third-order valence-electron chi connectivity index (χ3n) is 1.14. The number of nitrogens with zero attached hydrogens (tertiary/aromatic N) is 1. The van der Waals surface area contributed by atoms with Gasteiger partial charge in [0.05, 0.1) is 0 Å².